The molecular formula is C20H21N5O3. The molecule has 4 rings (SSSR count). The molecule has 0 atom stereocenters. The van der Waals surface area contributed by atoms with E-state index in [-0.39, 0.29) is 5.56 Å². The number of nitrogens with zero attached hydrogens (tertiary/aromatic N) is 4. The Morgan fingerprint density at radius 2 is 2.04 bits per heavy atom. The molecule has 1 N–H and O–H groups in total. The molecule has 0 saturated carbocycles. The number of ether oxygens (including phenoxy) is 2. The third-order valence-electron chi connectivity index (χ3n) is 4.81. The molecule has 1 aliphatic heterocycles. The highest BCUT2D eigenvalue weighted by atomic mass is 16.5. The monoisotopic (exact) mass is 379 g/mol. The van der Waals surface area contributed by atoms with Gasteiger partial charge in [-0.25, -0.2) is 9.97 Å². The van der Waals surface area contributed by atoms with E-state index in [0.717, 1.165) is 29.9 Å². The predicted molar refractivity (Wildman–Crippen MR) is 103 cm³/mol. The smallest absolute Gasteiger partial charge is 0.254 e. The number of methoxy groups -OCH3 is 2. The highest BCUT2D eigenvalue weighted by Crippen LogP contribution is 2.28. The van der Waals surface area contributed by atoms with Gasteiger partial charge in [-0.05, 0) is 24.1 Å². The third kappa shape index (κ3) is 3.59. The Hall–Kier alpha value is -3.26. The third-order valence-corrected chi connectivity index (χ3v) is 4.81. The summed E-state index contributed by atoms with van der Waals surface area (Å²) >= 11 is 0. The fourth-order valence-corrected chi connectivity index (χ4v) is 3.41. The SMILES string of the molecule is COc1ccc(CN2CCc3c(nc(-c4cnccn4)[nH]c3=O)C2)cc1OC. The molecule has 0 aliphatic carbocycles. The van der Waals surface area contributed by atoms with Crippen molar-refractivity contribution in [3.05, 3.63) is 64.0 Å². The van der Waals surface area contributed by atoms with Crippen molar-refractivity contribution >= 4 is 0 Å². The van der Waals surface area contributed by atoms with Gasteiger partial charge in [0.15, 0.2) is 17.3 Å². The summed E-state index contributed by atoms with van der Waals surface area (Å²) in [4.78, 5) is 30.5. The summed E-state index contributed by atoms with van der Waals surface area (Å²) in [7, 11) is 3.25. The van der Waals surface area contributed by atoms with Gasteiger partial charge in [0.1, 0.15) is 5.69 Å². The summed E-state index contributed by atoms with van der Waals surface area (Å²) in [6.45, 7) is 2.12. The van der Waals surface area contributed by atoms with Gasteiger partial charge >= 0.3 is 0 Å². The first-order valence-corrected chi connectivity index (χ1v) is 8.99. The molecule has 0 saturated heterocycles. The number of H-pyrrole nitrogens is 1. The highest BCUT2D eigenvalue weighted by Gasteiger charge is 2.22. The van der Waals surface area contributed by atoms with E-state index in [4.69, 9.17) is 9.47 Å². The number of nitrogens with one attached hydrogen (secondary N) is 1. The molecule has 0 radical (unpaired) electrons. The molecule has 144 valence electrons. The lowest BCUT2D eigenvalue weighted by atomic mass is 10.1. The zero-order valence-corrected chi connectivity index (χ0v) is 15.8. The second kappa shape index (κ2) is 7.77. The summed E-state index contributed by atoms with van der Waals surface area (Å²) in [6, 6.07) is 5.90. The van der Waals surface area contributed by atoms with E-state index in [0.29, 0.717) is 36.0 Å². The lowest BCUT2D eigenvalue weighted by Gasteiger charge is -2.27. The van der Waals surface area contributed by atoms with Crippen LogP contribution in [0.3, 0.4) is 0 Å². The minimum Gasteiger partial charge on any atom is -0.493 e. The molecule has 28 heavy (non-hydrogen) atoms. The zero-order valence-electron chi connectivity index (χ0n) is 15.8. The molecule has 3 heterocycles. The first-order chi connectivity index (χ1) is 13.7. The van der Waals surface area contributed by atoms with E-state index in [2.05, 4.69) is 24.8 Å². The van der Waals surface area contributed by atoms with Crippen molar-refractivity contribution in [1.82, 2.24) is 24.8 Å². The van der Waals surface area contributed by atoms with Crippen LogP contribution in [0.15, 0.2) is 41.6 Å². The molecule has 1 aliphatic rings. The topological polar surface area (TPSA) is 93.2 Å². The van der Waals surface area contributed by atoms with E-state index >= 15 is 0 Å². The lowest BCUT2D eigenvalue weighted by molar-refractivity contribution is 0.240. The predicted octanol–water partition coefficient (Wildman–Crippen LogP) is 1.80. The van der Waals surface area contributed by atoms with Crippen LogP contribution in [0, 0.1) is 0 Å². The number of hydrogen-bond acceptors (Lipinski definition) is 7. The summed E-state index contributed by atoms with van der Waals surface area (Å²) in [6.07, 6.45) is 5.42. The summed E-state index contributed by atoms with van der Waals surface area (Å²) in [5, 5.41) is 0. The van der Waals surface area contributed by atoms with Crippen molar-refractivity contribution in [3.8, 4) is 23.0 Å². The molecule has 0 unspecified atom stereocenters. The highest BCUT2D eigenvalue weighted by molar-refractivity contribution is 5.47. The van der Waals surface area contributed by atoms with Gasteiger partial charge in [-0.3, -0.25) is 14.7 Å². The van der Waals surface area contributed by atoms with Crippen molar-refractivity contribution < 1.29 is 9.47 Å². The molecular weight excluding hydrogens is 358 g/mol. The average Bonchev–Trinajstić information content (AvgIpc) is 2.74. The van der Waals surface area contributed by atoms with Crippen molar-refractivity contribution in [3.63, 3.8) is 0 Å². The Labute approximate surface area is 162 Å². The van der Waals surface area contributed by atoms with Crippen LogP contribution in [-0.2, 0) is 19.5 Å². The lowest BCUT2D eigenvalue weighted by Crippen LogP contribution is -2.35. The maximum absolute atomic E-state index is 12.5. The number of hydrogen-bond donors (Lipinski definition) is 1. The number of aromatic amines is 1. The van der Waals surface area contributed by atoms with Crippen molar-refractivity contribution in [2.75, 3.05) is 20.8 Å². The molecule has 8 nitrogen and oxygen atoms in total. The minimum absolute atomic E-state index is 0.101. The minimum atomic E-state index is -0.101. The Morgan fingerprint density at radius 3 is 2.79 bits per heavy atom. The van der Waals surface area contributed by atoms with E-state index < -0.39 is 0 Å². The van der Waals surface area contributed by atoms with Gasteiger partial charge in [0.2, 0.25) is 0 Å². The Bertz CT molecular complexity index is 1040. The van der Waals surface area contributed by atoms with Gasteiger partial charge in [-0.1, -0.05) is 6.07 Å². The molecule has 1 aromatic carbocycles. The maximum atomic E-state index is 12.5. The van der Waals surface area contributed by atoms with Gasteiger partial charge in [0.05, 0.1) is 26.1 Å². The van der Waals surface area contributed by atoms with E-state index in [9.17, 15) is 4.79 Å². The molecule has 0 spiro atoms. The van der Waals surface area contributed by atoms with Crippen LogP contribution < -0.4 is 15.0 Å². The average molecular weight is 379 g/mol. The van der Waals surface area contributed by atoms with Crippen molar-refractivity contribution in [2.24, 2.45) is 0 Å². The van der Waals surface area contributed by atoms with Crippen LogP contribution in [0.25, 0.3) is 11.5 Å². The summed E-state index contributed by atoms with van der Waals surface area (Å²) in [5.74, 6) is 1.86. The molecule has 2 aromatic heterocycles. The zero-order chi connectivity index (χ0) is 19.5. The molecule has 8 heteroatoms. The molecule has 0 fully saturated rings. The van der Waals surface area contributed by atoms with Gasteiger partial charge in [-0.15, -0.1) is 0 Å². The van der Waals surface area contributed by atoms with Crippen LogP contribution in [0.4, 0.5) is 0 Å². The number of aromatic nitrogens is 4. The molecule has 3 aromatic rings. The van der Waals surface area contributed by atoms with Crippen LogP contribution in [0.1, 0.15) is 16.8 Å². The van der Waals surface area contributed by atoms with Gasteiger partial charge in [0, 0.05) is 37.6 Å². The van der Waals surface area contributed by atoms with E-state index in [1.165, 1.54) is 0 Å². The van der Waals surface area contributed by atoms with Crippen LogP contribution in [-0.4, -0.2) is 45.6 Å². The number of benzene rings is 1. The maximum Gasteiger partial charge on any atom is 0.254 e. The van der Waals surface area contributed by atoms with Crippen LogP contribution in [0.2, 0.25) is 0 Å². The second-order valence-electron chi connectivity index (χ2n) is 6.58. The van der Waals surface area contributed by atoms with Crippen molar-refractivity contribution in [1.29, 1.82) is 0 Å². The Balaban J connectivity index is 1.58. The Kier molecular flexibility index (Phi) is 5.03. The molecule has 0 bridgehead atoms. The van der Waals surface area contributed by atoms with Gasteiger partial charge in [0.25, 0.3) is 5.56 Å². The second-order valence-corrected chi connectivity index (χ2v) is 6.58. The fraction of sp³-hybridized carbons (Fsp3) is 0.300. The Morgan fingerprint density at radius 1 is 1.18 bits per heavy atom. The first kappa shape index (κ1) is 18.1. The summed E-state index contributed by atoms with van der Waals surface area (Å²) in [5.41, 5.74) is 3.10. The number of rotatable bonds is 5. The molecule has 0 amide bonds. The van der Waals surface area contributed by atoms with Crippen molar-refractivity contribution in [2.45, 2.75) is 19.5 Å². The van der Waals surface area contributed by atoms with Gasteiger partial charge < -0.3 is 14.5 Å². The standard InChI is InChI=1S/C20H21N5O3/c1-27-17-4-3-13(9-18(17)28-2)11-25-8-5-14-16(12-25)23-19(24-20(14)26)15-10-21-6-7-22-15/h3-4,6-7,9-10H,5,8,11-12H2,1-2H3,(H,23,24,26). The summed E-state index contributed by atoms with van der Waals surface area (Å²) < 4.78 is 10.7. The fourth-order valence-electron chi connectivity index (χ4n) is 3.41. The van der Waals surface area contributed by atoms with Crippen LogP contribution in [0.5, 0.6) is 11.5 Å². The largest absolute Gasteiger partial charge is 0.493 e. The number of fused-ring (bicyclic) bond motifs is 1. The quantitative estimate of drug-likeness (QED) is 0.722. The van der Waals surface area contributed by atoms with E-state index in [1.807, 2.05) is 18.2 Å². The van der Waals surface area contributed by atoms with Gasteiger partial charge in [-0.2, -0.15) is 0 Å². The normalized spacial score (nSPS) is 13.8. The van der Waals surface area contributed by atoms with E-state index in [1.54, 1.807) is 32.8 Å². The first-order valence-electron chi connectivity index (χ1n) is 8.99. The van der Waals surface area contributed by atoms with Crippen LogP contribution >= 0.6 is 0 Å².